The van der Waals surface area contributed by atoms with Crippen molar-refractivity contribution in [2.75, 3.05) is 13.7 Å². The number of rotatable bonds is 4. The van der Waals surface area contributed by atoms with E-state index in [1.54, 1.807) is 0 Å². The van der Waals surface area contributed by atoms with Crippen LogP contribution in [0.4, 0.5) is 4.39 Å². The van der Waals surface area contributed by atoms with Gasteiger partial charge in [0.1, 0.15) is 5.82 Å². The van der Waals surface area contributed by atoms with E-state index in [4.69, 9.17) is 16.3 Å². The van der Waals surface area contributed by atoms with Gasteiger partial charge in [-0.25, -0.2) is 9.18 Å². The Morgan fingerprint density at radius 1 is 1.55 bits per heavy atom. The zero-order valence-corrected chi connectivity index (χ0v) is 11.0. The van der Waals surface area contributed by atoms with Crippen LogP contribution in [0.1, 0.15) is 0 Å². The molecular weight excluding hydrogens is 293 g/mol. The molecule has 0 aliphatic rings. The normalized spacial score (nSPS) is 10.3. The van der Waals surface area contributed by atoms with Crippen molar-refractivity contribution in [3.05, 3.63) is 29.0 Å². The second kappa shape index (κ2) is 5.74. The fourth-order valence-electron chi connectivity index (χ4n) is 1.37. The number of carbonyl (C=O) groups excluding carboxylic acids is 1. The van der Waals surface area contributed by atoms with Crippen LogP contribution in [0.5, 0.6) is 6.01 Å². The molecule has 0 fully saturated rings. The van der Waals surface area contributed by atoms with Gasteiger partial charge >= 0.3 is 12.0 Å². The molecule has 20 heavy (non-hydrogen) atoms. The first kappa shape index (κ1) is 14.1. The average Bonchev–Trinajstić information content (AvgIpc) is 2.77. The Morgan fingerprint density at radius 3 is 2.95 bits per heavy atom. The van der Waals surface area contributed by atoms with Gasteiger partial charge in [0.15, 0.2) is 6.61 Å². The molecule has 1 aromatic heterocycles. The smallest absolute Gasteiger partial charge is 0.344 e. The van der Waals surface area contributed by atoms with Gasteiger partial charge in [-0.15, -0.1) is 0 Å². The van der Waals surface area contributed by atoms with Crippen molar-refractivity contribution in [2.45, 2.75) is 0 Å². The summed E-state index contributed by atoms with van der Waals surface area (Å²) in [6.07, 6.45) is 0. The summed E-state index contributed by atoms with van der Waals surface area (Å²) >= 11 is 5.63. The Kier molecular flexibility index (Phi) is 4.04. The first-order chi connectivity index (χ1) is 9.51. The number of methoxy groups -OCH3 is 1. The van der Waals surface area contributed by atoms with Crippen molar-refractivity contribution in [3.8, 4) is 17.4 Å². The fourth-order valence-corrected chi connectivity index (χ4v) is 1.53. The van der Waals surface area contributed by atoms with E-state index in [9.17, 15) is 14.4 Å². The van der Waals surface area contributed by atoms with E-state index in [0.717, 1.165) is 6.07 Å². The van der Waals surface area contributed by atoms with E-state index in [1.807, 2.05) is 0 Å². The summed E-state index contributed by atoms with van der Waals surface area (Å²) < 4.78 is 22.9. The molecule has 0 unspecified atom stereocenters. The Morgan fingerprint density at radius 2 is 2.30 bits per heavy atom. The molecule has 0 saturated heterocycles. The van der Waals surface area contributed by atoms with Gasteiger partial charge in [0.25, 0.3) is 0 Å². The molecule has 1 N–H and O–H groups in total. The van der Waals surface area contributed by atoms with Crippen LogP contribution in [-0.4, -0.2) is 39.8 Å². The molecule has 0 aliphatic heterocycles. The highest BCUT2D eigenvalue weighted by atomic mass is 35.5. The van der Waals surface area contributed by atoms with Gasteiger partial charge in [-0.3, -0.25) is 0 Å². The summed E-state index contributed by atoms with van der Waals surface area (Å²) in [5, 5.41) is 13.2. The molecule has 0 atom stereocenters. The van der Waals surface area contributed by atoms with E-state index in [-0.39, 0.29) is 22.4 Å². The monoisotopic (exact) mass is 301 g/mol. The van der Waals surface area contributed by atoms with Crippen molar-refractivity contribution in [1.29, 1.82) is 0 Å². The number of esters is 1. The van der Waals surface area contributed by atoms with Gasteiger partial charge in [0, 0.05) is 5.02 Å². The molecule has 1 heterocycles. The molecule has 0 radical (unpaired) electrons. The zero-order chi connectivity index (χ0) is 14.7. The van der Waals surface area contributed by atoms with E-state index in [1.165, 1.54) is 19.2 Å². The average molecular weight is 302 g/mol. The first-order valence-electron chi connectivity index (χ1n) is 5.32. The minimum atomic E-state index is -0.681. The molecule has 1 aromatic carbocycles. The highest BCUT2D eigenvalue weighted by molar-refractivity contribution is 6.30. The largest absolute Gasteiger partial charge is 0.466 e. The molecule has 2 aromatic rings. The van der Waals surface area contributed by atoms with Crippen LogP contribution in [0, 0.1) is 5.82 Å². The van der Waals surface area contributed by atoms with Gasteiger partial charge in [-0.1, -0.05) is 21.5 Å². The van der Waals surface area contributed by atoms with Crippen LogP contribution < -0.4 is 4.74 Å². The summed E-state index contributed by atoms with van der Waals surface area (Å²) in [5.41, 5.74) is -0.0164. The third-order valence-corrected chi connectivity index (χ3v) is 2.53. The van der Waals surface area contributed by atoms with Gasteiger partial charge in [-0.05, 0) is 18.2 Å². The lowest BCUT2D eigenvalue weighted by atomic mass is 10.2. The predicted octanol–water partition coefficient (Wildman–Crippen LogP) is 1.53. The third-order valence-electron chi connectivity index (χ3n) is 2.29. The minimum Gasteiger partial charge on any atom is -0.466 e. The zero-order valence-electron chi connectivity index (χ0n) is 10.2. The van der Waals surface area contributed by atoms with Crippen LogP contribution in [-0.2, 0) is 9.53 Å². The molecule has 106 valence electrons. The third kappa shape index (κ3) is 2.97. The van der Waals surface area contributed by atoms with Crippen molar-refractivity contribution in [3.63, 3.8) is 0 Å². The molecule has 0 spiro atoms. The number of ether oxygens (including phenoxy) is 2. The number of hydrogen-bond acceptors (Lipinski definition) is 6. The molecule has 0 saturated carbocycles. The molecule has 0 aliphatic carbocycles. The van der Waals surface area contributed by atoms with Crippen molar-refractivity contribution >= 4 is 17.6 Å². The molecule has 0 amide bonds. The summed E-state index contributed by atoms with van der Waals surface area (Å²) in [5.74, 6) is -1.50. The number of hydrogen-bond donors (Lipinski definition) is 1. The SMILES string of the molecule is COC(=O)COc1nc(-c2ccc(Cl)cc2F)n(O)n1. The summed E-state index contributed by atoms with van der Waals surface area (Å²) in [7, 11) is 1.19. The predicted molar refractivity (Wildman–Crippen MR) is 65.1 cm³/mol. The second-order valence-corrected chi connectivity index (χ2v) is 4.03. The van der Waals surface area contributed by atoms with Gasteiger partial charge in [0.2, 0.25) is 5.82 Å². The highest BCUT2D eigenvalue weighted by Gasteiger charge is 2.17. The fraction of sp³-hybridized carbons (Fsp3) is 0.182. The number of halogens is 2. The number of nitrogens with zero attached hydrogens (tertiary/aromatic N) is 3. The maximum absolute atomic E-state index is 13.7. The Balaban J connectivity index is 2.25. The van der Waals surface area contributed by atoms with Gasteiger partial charge in [0.05, 0.1) is 12.7 Å². The van der Waals surface area contributed by atoms with E-state index in [0.29, 0.717) is 4.85 Å². The number of benzene rings is 1. The van der Waals surface area contributed by atoms with E-state index in [2.05, 4.69) is 14.8 Å². The van der Waals surface area contributed by atoms with Crippen LogP contribution in [0.3, 0.4) is 0 Å². The van der Waals surface area contributed by atoms with Gasteiger partial charge < -0.3 is 14.7 Å². The maximum atomic E-state index is 13.7. The van der Waals surface area contributed by atoms with E-state index < -0.39 is 18.4 Å². The maximum Gasteiger partial charge on any atom is 0.344 e. The Labute approximate surface area is 117 Å². The molecular formula is C11H9ClFN3O4. The van der Waals surface area contributed by atoms with Crippen molar-refractivity contribution in [1.82, 2.24) is 14.9 Å². The second-order valence-electron chi connectivity index (χ2n) is 3.60. The minimum absolute atomic E-state index is 0.0164. The quantitative estimate of drug-likeness (QED) is 0.681. The standard InChI is InChI=1S/C11H9ClFN3O4/c1-19-9(17)5-20-11-14-10(16(18)15-11)7-3-2-6(12)4-8(7)13/h2-4,18H,5H2,1H3. The summed E-state index contributed by atoms with van der Waals surface area (Å²) in [6.45, 7) is -0.428. The number of carbonyl (C=O) groups is 1. The van der Waals surface area contributed by atoms with Crippen LogP contribution in [0.25, 0.3) is 11.4 Å². The Hall–Kier alpha value is -2.35. The summed E-state index contributed by atoms with van der Waals surface area (Å²) in [6, 6.07) is 3.55. The highest BCUT2D eigenvalue weighted by Crippen LogP contribution is 2.24. The lowest BCUT2D eigenvalue weighted by molar-refractivity contribution is -0.143. The van der Waals surface area contributed by atoms with Crippen LogP contribution >= 0.6 is 11.6 Å². The molecule has 9 heteroatoms. The topological polar surface area (TPSA) is 86.5 Å². The van der Waals surface area contributed by atoms with E-state index >= 15 is 0 Å². The first-order valence-corrected chi connectivity index (χ1v) is 5.70. The molecule has 7 nitrogen and oxygen atoms in total. The lowest BCUT2D eigenvalue weighted by Gasteiger charge is -2.00. The van der Waals surface area contributed by atoms with Crippen molar-refractivity contribution < 1.29 is 23.9 Å². The molecule has 0 bridgehead atoms. The van der Waals surface area contributed by atoms with Crippen LogP contribution in [0.15, 0.2) is 18.2 Å². The molecule has 2 rings (SSSR count). The van der Waals surface area contributed by atoms with Gasteiger partial charge in [-0.2, -0.15) is 4.98 Å². The van der Waals surface area contributed by atoms with Crippen molar-refractivity contribution in [2.24, 2.45) is 0 Å². The van der Waals surface area contributed by atoms with Crippen LogP contribution in [0.2, 0.25) is 5.02 Å². The summed E-state index contributed by atoms with van der Waals surface area (Å²) in [4.78, 5) is 15.0. The number of aromatic nitrogens is 3. The lowest BCUT2D eigenvalue weighted by Crippen LogP contribution is -2.13. The Bertz CT molecular complexity index is 647.